The summed E-state index contributed by atoms with van der Waals surface area (Å²) in [5.74, 6) is 0.0198. The summed E-state index contributed by atoms with van der Waals surface area (Å²) in [5, 5.41) is 10.8. The average Bonchev–Trinajstić information content (AvgIpc) is 2.91. The van der Waals surface area contributed by atoms with Gasteiger partial charge in [0.25, 0.3) is 0 Å². The van der Waals surface area contributed by atoms with Gasteiger partial charge >= 0.3 is 59.1 Å². The van der Waals surface area contributed by atoms with Crippen LogP contribution in [0.5, 0.6) is 0 Å². The Morgan fingerprint density at radius 2 is 0.955 bits per heavy atom. The van der Waals surface area contributed by atoms with Crippen molar-refractivity contribution >= 4 is 79.5 Å². The maximum atomic E-state index is 12.1. The molecule has 0 aliphatic rings. The summed E-state index contributed by atoms with van der Waals surface area (Å²) >= 11 is 0. The maximum absolute atomic E-state index is 12.1. The molecule has 2 aromatic heterocycles. The second-order valence-electron chi connectivity index (χ2n) is 8.18. The van der Waals surface area contributed by atoms with E-state index in [1.807, 2.05) is 0 Å². The Kier molecular flexibility index (Phi) is 12.8. The summed E-state index contributed by atoms with van der Waals surface area (Å²) in [6.07, 6.45) is 2.36. The van der Waals surface area contributed by atoms with Gasteiger partial charge in [-0.1, -0.05) is 24.3 Å². The summed E-state index contributed by atoms with van der Waals surface area (Å²) < 4.78 is 72.4. The number of anilines is 8. The predicted molar refractivity (Wildman–Crippen MR) is 152 cm³/mol. The summed E-state index contributed by atoms with van der Waals surface area (Å²) in [4.78, 5) is 22.3. The fourth-order valence-electron chi connectivity index (χ4n) is 3.49. The Balaban J connectivity index is 0.00000337. The summed E-state index contributed by atoms with van der Waals surface area (Å²) in [5.41, 5.74) is 11.4. The van der Waals surface area contributed by atoms with Gasteiger partial charge in [0, 0.05) is 25.5 Å². The van der Waals surface area contributed by atoms with E-state index in [9.17, 15) is 25.9 Å². The number of benzene rings is 2. The minimum Gasteiger partial charge on any atom is -0.744 e. The third kappa shape index (κ3) is 9.66. The number of hydrogen-bond acceptors (Lipinski definition) is 18. The van der Waals surface area contributed by atoms with Gasteiger partial charge in [0.2, 0.25) is 35.7 Å². The first-order valence-electron chi connectivity index (χ1n) is 11.6. The fourth-order valence-corrected chi connectivity index (χ4v) is 4.88. The van der Waals surface area contributed by atoms with Crippen LogP contribution in [0.15, 0.2) is 46.2 Å². The van der Waals surface area contributed by atoms with Crippen molar-refractivity contribution in [3.05, 3.63) is 47.5 Å². The number of nitrogen functional groups attached to an aromatic ring is 2. The van der Waals surface area contributed by atoms with Gasteiger partial charge in [-0.15, -0.1) is 0 Å². The van der Waals surface area contributed by atoms with Crippen LogP contribution in [0.2, 0.25) is 0 Å². The molecule has 0 amide bonds. The molecule has 44 heavy (non-hydrogen) atoms. The van der Waals surface area contributed by atoms with Crippen LogP contribution >= 0.6 is 0 Å². The fraction of sp³-hybridized carbons (Fsp3) is 0.0909. The van der Waals surface area contributed by atoms with E-state index >= 15 is 0 Å². The third-order valence-electron chi connectivity index (χ3n) is 5.27. The minimum absolute atomic E-state index is 0. The zero-order chi connectivity index (χ0) is 30.7. The Morgan fingerprint density at radius 1 is 0.614 bits per heavy atom. The Bertz CT molecular complexity index is 1780. The standard InChI is InChI=1S/C22H24N12O6S2.2Na/c1-25-19-29-17(23)31-21(33-19)27-13-7-5-11(15(9-13)41(35,36)37)3-4-12-6-8-14(10-16(12)42(38,39)40)28-22-32-18(24)30-20(26-2)34-22;;/h3-10H,1-2H3,(H,35,36,37)(H,38,39,40)(H4,23,25,27,29,31,33)(H4,24,26,28,30,32,34);;/q;2*+1/p-2/b4-3+;;. The molecule has 0 unspecified atom stereocenters. The zero-order valence-corrected chi connectivity index (χ0v) is 29.4. The third-order valence-corrected chi connectivity index (χ3v) is 7.06. The van der Waals surface area contributed by atoms with E-state index in [-0.39, 0.29) is 117 Å². The molecule has 0 spiro atoms. The minimum atomic E-state index is -5.02. The molecule has 0 atom stereocenters. The number of nitrogens with two attached hydrogens (primary N) is 2. The first-order chi connectivity index (χ1) is 19.7. The van der Waals surface area contributed by atoms with E-state index in [2.05, 4.69) is 51.2 Å². The molecule has 8 N–H and O–H groups in total. The number of nitrogens with one attached hydrogen (secondary N) is 4. The van der Waals surface area contributed by atoms with Crippen LogP contribution in [0.3, 0.4) is 0 Å². The van der Waals surface area contributed by atoms with E-state index in [4.69, 9.17) is 11.5 Å². The molecule has 0 saturated heterocycles. The van der Waals surface area contributed by atoms with Gasteiger partial charge in [0.15, 0.2) is 0 Å². The molecule has 0 aliphatic carbocycles. The molecule has 2 aromatic carbocycles. The van der Waals surface area contributed by atoms with Crippen LogP contribution < -0.4 is 91.8 Å². The zero-order valence-electron chi connectivity index (χ0n) is 23.7. The predicted octanol–water partition coefficient (Wildman–Crippen LogP) is -5.22. The molecule has 0 radical (unpaired) electrons. The largest absolute Gasteiger partial charge is 1.00 e. The van der Waals surface area contributed by atoms with Crippen LogP contribution in [0.4, 0.5) is 47.1 Å². The molecular weight excluding hydrogens is 638 g/mol. The van der Waals surface area contributed by atoms with Crippen molar-refractivity contribution < 1.29 is 85.1 Å². The molecular formula is C22H22N12Na2O6S2. The first kappa shape index (κ1) is 37.0. The number of hydrogen-bond donors (Lipinski definition) is 6. The van der Waals surface area contributed by atoms with Crippen LogP contribution in [-0.2, 0) is 20.2 Å². The normalized spacial score (nSPS) is 11.3. The first-order valence-corrected chi connectivity index (χ1v) is 14.4. The Morgan fingerprint density at radius 3 is 1.27 bits per heavy atom. The quantitative estimate of drug-likeness (QED) is 0.0526. The molecule has 4 rings (SSSR count). The smallest absolute Gasteiger partial charge is 0.744 e. The van der Waals surface area contributed by atoms with Crippen LogP contribution in [0.25, 0.3) is 12.2 Å². The summed E-state index contributed by atoms with van der Waals surface area (Å²) in [7, 11) is -6.92. The van der Waals surface area contributed by atoms with Crippen LogP contribution in [0.1, 0.15) is 11.1 Å². The van der Waals surface area contributed by atoms with Crippen molar-refractivity contribution in [2.75, 3.05) is 46.8 Å². The van der Waals surface area contributed by atoms with E-state index < -0.39 is 30.0 Å². The Labute approximate surface area is 296 Å². The van der Waals surface area contributed by atoms with Gasteiger partial charge < -0.3 is 41.8 Å². The Hall–Kier alpha value is -3.18. The molecule has 0 fully saturated rings. The summed E-state index contributed by atoms with van der Waals surface area (Å²) in [6.45, 7) is 0. The molecule has 220 valence electrons. The van der Waals surface area contributed by atoms with Gasteiger partial charge in [-0.3, -0.25) is 0 Å². The van der Waals surface area contributed by atoms with Gasteiger partial charge in [0.05, 0.1) is 9.79 Å². The van der Waals surface area contributed by atoms with E-state index in [0.29, 0.717) is 0 Å². The maximum Gasteiger partial charge on any atom is 1.00 e. The number of rotatable bonds is 10. The SMILES string of the molecule is CNc1nc(N)nc(Nc2ccc(/C=C/c3ccc(Nc4nc(N)nc(NC)n4)cc3S(=O)(=O)[O-])c(S(=O)(=O)[O-])c2)n1.[Na+].[Na+]. The molecule has 0 saturated carbocycles. The number of aromatic nitrogens is 6. The number of nitrogens with zero attached hydrogens (tertiary/aromatic N) is 6. The van der Waals surface area contributed by atoms with Gasteiger partial charge in [-0.25, -0.2) is 16.8 Å². The van der Waals surface area contributed by atoms with Gasteiger partial charge in [-0.2, -0.15) is 29.9 Å². The van der Waals surface area contributed by atoms with Crippen molar-refractivity contribution in [3.63, 3.8) is 0 Å². The molecule has 2 heterocycles. The van der Waals surface area contributed by atoms with Gasteiger partial charge in [-0.05, 0) is 35.4 Å². The molecule has 0 bridgehead atoms. The molecule has 18 nitrogen and oxygen atoms in total. The van der Waals surface area contributed by atoms with Crippen LogP contribution in [-0.4, -0.2) is 69.9 Å². The average molecular weight is 661 g/mol. The van der Waals surface area contributed by atoms with Crippen molar-refractivity contribution in [2.45, 2.75) is 9.79 Å². The topological polar surface area (TPSA) is 292 Å². The monoisotopic (exact) mass is 660 g/mol. The molecule has 22 heteroatoms. The molecule has 4 aromatic rings. The van der Waals surface area contributed by atoms with Crippen molar-refractivity contribution in [1.82, 2.24) is 29.9 Å². The summed E-state index contributed by atoms with van der Waals surface area (Å²) in [6, 6.07) is 7.51. The van der Waals surface area contributed by atoms with Crippen molar-refractivity contribution in [2.24, 2.45) is 0 Å². The van der Waals surface area contributed by atoms with E-state index in [0.717, 1.165) is 12.1 Å². The molecule has 0 aliphatic heterocycles. The van der Waals surface area contributed by atoms with Crippen molar-refractivity contribution in [1.29, 1.82) is 0 Å². The van der Waals surface area contributed by atoms with Gasteiger partial charge in [0.1, 0.15) is 20.2 Å². The van der Waals surface area contributed by atoms with E-state index in [1.54, 1.807) is 14.1 Å². The van der Waals surface area contributed by atoms with E-state index in [1.165, 1.54) is 36.4 Å². The van der Waals surface area contributed by atoms with Crippen LogP contribution in [0, 0.1) is 0 Å². The second-order valence-corrected chi connectivity index (χ2v) is 10.9. The van der Waals surface area contributed by atoms with Crippen molar-refractivity contribution in [3.8, 4) is 0 Å². The second kappa shape index (κ2) is 15.2.